The third-order valence-corrected chi connectivity index (χ3v) is 7.04. The van der Waals surface area contributed by atoms with Crippen molar-refractivity contribution in [2.45, 2.75) is 38.6 Å². The lowest BCUT2D eigenvalue weighted by molar-refractivity contribution is -0.122. The largest absolute Gasteiger partial charge is 0.319 e. The monoisotopic (exact) mass is 381 g/mol. The van der Waals surface area contributed by atoms with Crippen molar-refractivity contribution in [2.24, 2.45) is 12.0 Å². The van der Waals surface area contributed by atoms with Crippen molar-refractivity contribution >= 4 is 37.5 Å². The zero-order chi connectivity index (χ0) is 18.2. The van der Waals surface area contributed by atoms with E-state index >= 15 is 0 Å². The second kappa shape index (κ2) is 7.01. The average Bonchev–Trinajstić information content (AvgIpc) is 2.89. The fraction of sp³-hybridized carbons (Fsp3) is 0.529. The smallest absolute Gasteiger partial charge is 0.266 e. The molecule has 0 aliphatic carbocycles. The molecule has 2 heterocycles. The molecule has 136 valence electrons. The number of nitrogens with zero attached hydrogens (tertiary/aromatic N) is 3. The highest BCUT2D eigenvalue weighted by molar-refractivity contribution is 7.88. The third kappa shape index (κ3) is 3.70. The highest BCUT2D eigenvalue weighted by Crippen LogP contribution is 2.22. The summed E-state index contributed by atoms with van der Waals surface area (Å²) in [6, 6.07) is 5.55. The van der Waals surface area contributed by atoms with Crippen LogP contribution in [-0.2, 0) is 28.3 Å². The summed E-state index contributed by atoms with van der Waals surface area (Å²) in [5.41, 5.74) is 2.26. The molecule has 1 aromatic carbocycles. The Labute approximate surface area is 151 Å². The summed E-state index contributed by atoms with van der Waals surface area (Å²) in [6.07, 6.45) is 4.27. The summed E-state index contributed by atoms with van der Waals surface area (Å²) in [4.78, 5) is 17.6. The van der Waals surface area contributed by atoms with Crippen molar-refractivity contribution in [3.8, 4) is 0 Å². The van der Waals surface area contributed by atoms with Crippen LogP contribution in [0.4, 0.5) is 0 Å². The van der Waals surface area contributed by atoms with Crippen molar-refractivity contribution in [3.05, 3.63) is 28.6 Å². The van der Waals surface area contributed by atoms with Gasteiger partial charge in [0, 0.05) is 13.6 Å². The van der Waals surface area contributed by atoms with Gasteiger partial charge in [-0.2, -0.15) is 9.30 Å². The highest BCUT2D eigenvalue weighted by atomic mass is 32.2. The maximum Gasteiger partial charge on any atom is 0.266 e. The number of aryl methyl sites for hydroxylation is 2. The molecule has 8 heteroatoms. The van der Waals surface area contributed by atoms with E-state index in [0.29, 0.717) is 17.8 Å². The normalized spacial score (nSPS) is 20.3. The lowest BCUT2D eigenvalue weighted by Crippen LogP contribution is -2.47. The van der Waals surface area contributed by atoms with Gasteiger partial charge >= 0.3 is 0 Å². The highest BCUT2D eigenvalue weighted by Gasteiger charge is 2.34. The number of rotatable bonds is 3. The fourth-order valence-electron chi connectivity index (χ4n) is 3.22. The Morgan fingerprint density at radius 1 is 1.36 bits per heavy atom. The summed E-state index contributed by atoms with van der Waals surface area (Å²) >= 11 is 1.46. The molecule has 0 bridgehead atoms. The molecule has 1 fully saturated rings. The predicted octanol–water partition coefficient (Wildman–Crippen LogP) is 2.04. The molecule has 1 saturated heterocycles. The van der Waals surface area contributed by atoms with Crippen LogP contribution in [0.5, 0.6) is 0 Å². The Hall–Kier alpha value is -1.51. The van der Waals surface area contributed by atoms with Crippen molar-refractivity contribution in [1.29, 1.82) is 0 Å². The van der Waals surface area contributed by atoms with Crippen LogP contribution in [0.1, 0.15) is 31.7 Å². The van der Waals surface area contributed by atoms with E-state index in [9.17, 15) is 13.2 Å². The van der Waals surface area contributed by atoms with E-state index < -0.39 is 16.1 Å². The van der Waals surface area contributed by atoms with Gasteiger partial charge in [0.05, 0.1) is 16.5 Å². The van der Waals surface area contributed by atoms with Crippen LogP contribution in [0, 0.1) is 0 Å². The fourth-order valence-corrected chi connectivity index (χ4v) is 5.43. The first-order chi connectivity index (χ1) is 11.8. The van der Waals surface area contributed by atoms with Crippen molar-refractivity contribution < 1.29 is 13.2 Å². The summed E-state index contributed by atoms with van der Waals surface area (Å²) in [6.45, 7) is 2.50. The Kier molecular flexibility index (Phi) is 5.13. The Balaban J connectivity index is 2.00. The Morgan fingerprint density at radius 2 is 2.12 bits per heavy atom. The molecule has 1 amide bonds. The van der Waals surface area contributed by atoms with Crippen LogP contribution in [0.2, 0.25) is 0 Å². The van der Waals surface area contributed by atoms with E-state index in [-0.39, 0.29) is 5.91 Å². The Bertz CT molecular complexity index is 973. The predicted molar refractivity (Wildman–Crippen MR) is 99.9 cm³/mol. The van der Waals surface area contributed by atoms with Gasteiger partial charge in [-0.3, -0.25) is 4.79 Å². The Morgan fingerprint density at radius 3 is 2.80 bits per heavy atom. The number of fused-ring (bicyclic) bond motifs is 1. The molecule has 0 spiro atoms. The van der Waals surface area contributed by atoms with Crippen LogP contribution < -0.4 is 4.80 Å². The lowest BCUT2D eigenvalue weighted by Gasteiger charge is -2.31. The number of benzene rings is 1. The minimum Gasteiger partial charge on any atom is -0.319 e. The zero-order valence-corrected chi connectivity index (χ0v) is 16.4. The van der Waals surface area contributed by atoms with E-state index in [1.807, 2.05) is 17.7 Å². The zero-order valence-electron chi connectivity index (χ0n) is 14.7. The van der Waals surface area contributed by atoms with Gasteiger partial charge in [-0.1, -0.05) is 30.7 Å². The van der Waals surface area contributed by atoms with Gasteiger partial charge in [-0.25, -0.2) is 8.42 Å². The SMILES string of the molecule is CCc1ccc2c(c1)sc(=NC(=O)C1CCCCN1S(C)(=O)=O)n2C. The molecule has 1 aliphatic heterocycles. The van der Waals surface area contributed by atoms with Crippen LogP contribution in [0.25, 0.3) is 10.2 Å². The van der Waals surface area contributed by atoms with Crippen LogP contribution in [0.3, 0.4) is 0 Å². The summed E-state index contributed by atoms with van der Waals surface area (Å²) in [5.74, 6) is -0.372. The van der Waals surface area contributed by atoms with Gasteiger partial charge in [0.1, 0.15) is 6.04 Å². The molecule has 25 heavy (non-hydrogen) atoms. The molecule has 1 unspecified atom stereocenters. The number of aromatic nitrogens is 1. The molecule has 2 aromatic rings. The molecule has 0 N–H and O–H groups in total. The molecule has 6 nitrogen and oxygen atoms in total. The molecular weight excluding hydrogens is 358 g/mol. The van der Waals surface area contributed by atoms with Gasteiger partial charge in [0.25, 0.3) is 5.91 Å². The van der Waals surface area contributed by atoms with Crippen molar-refractivity contribution in [1.82, 2.24) is 8.87 Å². The molecular formula is C17H23N3O3S2. The van der Waals surface area contributed by atoms with E-state index in [2.05, 4.69) is 24.0 Å². The first kappa shape index (κ1) is 18.3. The first-order valence-electron chi connectivity index (χ1n) is 8.45. The minimum absolute atomic E-state index is 0.372. The van der Waals surface area contributed by atoms with E-state index in [1.165, 1.54) is 21.2 Å². The van der Waals surface area contributed by atoms with Crippen LogP contribution in [-0.4, -0.2) is 42.0 Å². The summed E-state index contributed by atoms with van der Waals surface area (Å²) < 4.78 is 28.2. The number of thiazole rings is 1. The van der Waals surface area contributed by atoms with Gasteiger partial charge in [-0.05, 0) is 37.0 Å². The maximum atomic E-state index is 12.7. The third-order valence-electron chi connectivity index (χ3n) is 4.65. The topological polar surface area (TPSA) is 71.7 Å². The van der Waals surface area contributed by atoms with Crippen LogP contribution in [0.15, 0.2) is 23.2 Å². The summed E-state index contributed by atoms with van der Waals surface area (Å²) in [7, 11) is -1.53. The summed E-state index contributed by atoms with van der Waals surface area (Å²) in [5, 5.41) is 0. The standard InChI is InChI=1S/C17H23N3O3S2/c1-4-12-8-9-13-15(11-12)24-17(19(13)2)18-16(21)14-7-5-6-10-20(14)25(3,22)23/h8-9,11,14H,4-7,10H2,1-3H3. The van der Waals surface area contributed by atoms with Gasteiger partial charge in [-0.15, -0.1) is 0 Å². The van der Waals surface area contributed by atoms with Crippen LogP contribution >= 0.6 is 11.3 Å². The number of sulfonamides is 1. The number of hydrogen-bond acceptors (Lipinski definition) is 4. The number of piperidine rings is 1. The second-order valence-corrected chi connectivity index (χ2v) is 9.38. The van der Waals surface area contributed by atoms with Crippen molar-refractivity contribution in [3.63, 3.8) is 0 Å². The van der Waals surface area contributed by atoms with E-state index in [0.717, 1.165) is 35.7 Å². The molecule has 3 rings (SSSR count). The maximum absolute atomic E-state index is 12.7. The molecule has 1 atom stereocenters. The first-order valence-corrected chi connectivity index (χ1v) is 11.1. The average molecular weight is 382 g/mol. The second-order valence-electron chi connectivity index (χ2n) is 6.43. The van der Waals surface area contributed by atoms with Gasteiger partial charge in [0.15, 0.2) is 4.80 Å². The minimum atomic E-state index is -3.41. The van der Waals surface area contributed by atoms with E-state index in [1.54, 1.807) is 0 Å². The number of hydrogen-bond donors (Lipinski definition) is 0. The lowest BCUT2D eigenvalue weighted by atomic mass is 10.0. The molecule has 0 radical (unpaired) electrons. The number of amides is 1. The van der Waals surface area contributed by atoms with Gasteiger partial charge < -0.3 is 4.57 Å². The van der Waals surface area contributed by atoms with Crippen molar-refractivity contribution in [2.75, 3.05) is 12.8 Å². The molecule has 1 aromatic heterocycles. The van der Waals surface area contributed by atoms with Gasteiger partial charge in [0.2, 0.25) is 10.0 Å². The molecule has 1 aliphatic rings. The quantitative estimate of drug-likeness (QED) is 0.817. The number of carbonyl (C=O) groups is 1. The van der Waals surface area contributed by atoms with E-state index in [4.69, 9.17) is 0 Å². The number of carbonyl (C=O) groups excluding carboxylic acids is 1. The molecule has 0 saturated carbocycles.